The average molecular weight is 461 g/mol. The van der Waals surface area contributed by atoms with E-state index in [4.69, 9.17) is 0 Å². The van der Waals surface area contributed by atoms with Gasteiger partial charge in [-0.15, -0.1) is 5.10 Å². The number of nitrogens with zero attached hydrogens (tertiary/aromatic N) is 2. The Morgan fingerprint density at radius 2 is 1.76 bits per heavy atom. The minimum absolute atomic E-state index is 0.214. The Kier molecular flexibility index (Phi) is 5.85. The van der Waals surface area contributed by atoms with E-state index in [9.17, 15) is 14.4 Å². The van der Waals surface area contributed by atoms with Crippen LogP contribution in [0, 0.1) is 5.92 Å². The molecule has 2 aliphatic carbocycles. The molecule has 7 nitrogen and oxygen atoms in total. The van der Waals surface area contributed by atoms with Gasteiger partial charge in [0.1, 0.15) is 5.82 Å². The van der Waals surface area contributed by atoms with E-state index in [1.807, 2.05) is 0 Å². The Balaban J connectivity index is 1.30. The first-order chi connectivity index (χ1) is 16.0. The number of ketones is 2. The summed E-state index contributed by atoms with van der Waals surface area (Å²) in [5.41, 5.74) is 1.63. The molecule has 0 bridgehead atoms. The molecule has 2 aliphatic rings. The molecule has 168 valence electrons. The third-order valence-electron chi connectivity index (χ3n) is 6.33. The van der Waals surface area contributed by atoms with Gasteiger partial charge in [0, 0.05) is 23.1 Å². The van der Waals surface area contributed by atoms with Gasteiger partial charge in [-0.25, -0.2) is 4.98 Å². The van der Waals surface area contributed by atoms with Crippen LogP contribution in [0.15, 0.2) is 47.6 Å². The molecule has 1 fully saturated rings. The van der Waals surface area contributed by atoms with Crippen LogP contribution >= 0.6 is 11.8 Å². The van der Waals surface area contributed by atoms with Gasteiger partial charge in [0.05, 0.1) is 16.5 Å². The van der Waals surface area contributed by atoms with Gasteiger partial charge in [-0.2, -0.15) is 0 Å². The second kappa shape index (κ2) is 8.94. The van der Waals surface area contributed by atoms with Crippen LogP contribution in [-0.4, -0.2) is 37.9 Å². The monoisotopic (exact) mass is 460 g/mol. The number of aromatic amines is 1. The number of amides is 1. The van der Waals surface area contributed by atoms with Crippen LogP contribution in [0.4, 0.5) is 5.69 Å². The van der Waals surface area contributed by atoms with Crippen molar-refractivity contribution in [2.45, 2.75) is 49.4 Å². The lowest BCUT2D eigenvalue weighted by atomic mass is 9.83. The molecular formula is C25H24N4O3S. The van der Waals surface area contributed by atoms with Gasteiger partial charge in [0.25, 0.3) is 0 Å². The fourth-order valence-electron chi connectivity index (χ4n) is 4.60. The van der Waals surface area contributed by atoms with E-state index in [0.29, 0.717) is 33.5 Å². The highest BCUT2D eigenvalue weighted by Gasteiger charge is 2.32. The largest absolute Gasteiger partial charge is 0.324 e. The summed E-state index contributed by atoms with van der Waals surface area (Å²) in [4.78, 5) is 43.5. The van der Waals surface area contributed by atoms with Crippen molar-refractivity contribution < 1.29 is 14.4 Å². The predicted octanol–water partition coefficient (Wildman–Crippen LogP) is 4.43. The second-order valence-electron chi connectivity index (χ2n) is 8.60. The molecule has 0 spiro atoms. The zero-order valence-electron chi connectivity index (χ0n) is 18.3. The molecule has 0 saturated heterocycles. The lowest BCUT2D eigenvalue weighted by molar-refractivity contribution is -0.115. The van der Waals surface area contributed by atoms with Crippen molar-refractivity contribution in [1.82, 2.24) is 15.2 Å². The van der Waals surface area contributed by atoms with Crippen molar-refractivity contribution in [2.24, 2.45) is 5.92 Å². The number of carbonyl (C=O) groups excluding carboxylic acids is 3. The van der Waals surface area contributed by atoms with Gasteiger partial charge >= 0.3 is 0 Å². The first kappa shape index (κ1) is 21.6. The third-order valence-corrected chi connectivity index (χ3v) is 7.29. The Labute approximate surface area is 195 Å². The number of benzene rings is 2. The van der Waals surface area contributed by atoms with Crippen LogP contribution < -0.4 is 5.32 Å². The minimum Gasteiger partial charge on any atom is -0.324 e. The molecule has 1 amide bonds. The summed E-state index contributed by atoms with van der Waals surface area (Å²) in [7, 11) is 0. The summed E-state index contributed by atoms with van der Waals surface area (Å²) in [5.74, 6) is 0.758. The van der Waals surface area contributed by atoms with E-state index in [0.717, 1.165) is 12.2 Å². The van der Waals surface area contributed by atoms with E-state index in [-0.39, 0.29) is 23.0 Å². The zero-order chi connectivity index (χ0) is 22.9. The zero-order valence-corrected chi connectivity index (χ0v) is 19.1. The Hall–Kier alpha value is -3.26. The average Bonchev–Trinajstić information content (AvgIpc) is 3.50. The molecule has 0 radical (unpaired) electrons. The molecule has 1 saturated carbocycles. The number of aromatic nitrogens is 3. The van der Waals surface area contributed by atoms with Crippen molar-refractivity contribution in [3.63, 3.8) is 0 Å². The smallest absolute Gasteiger partial charge is 0.237 e. The lowest BCUT2D eigenvalue weighted by Crippen LogP contribution is -2.27. The lowest BCUT2D eigenvalue weighted by Gasteiger charge is -2.21. The molecule has 1 unspecified atom stereocenters. The highest BCUT2D eigenvalue weighted by Crippen LogP contribution is 2.33. The van der Waals surface area contributed by atoms with Crippen LogP contribution in [-0.2, 0) is 11.2 Å². The molecule has 33 heavy (non-hydrogen) atoms. The van der Waals surface area contributed by atoms with E-state index < -0.39 is 5.25 Å². The number of carbonyl (C=O) groups is 3. The first-order valence-corrected chi connectivity index (χ1v) is 12.1. The summed E-state index contributed by atoms with van der Waals surface area (Å²) in [6.45, 7) is 1.77. The fourth-order valence-corrected chi connectivity index (χ4v) is 5.35. The number of hydrogen-bond donors (Lipinski definition) is 2. The van der Waals surface area contributed by atoms with Gasteiger partial charge in [-0.05, 0) is 18.9 Å². The molecule has 2 aromatic carbocycles. The quantitative estimate of drug-likeness (QED) is 0.413. The van der Waals surface area contributed by atoms with E-state index in [1.54, 1.807) is 49.4 Å². The summed E-state index contributed by atoms with van der Waals surface area (Å²) >= 11 is 1.26. The minimum atomic E-state index is -0.488. The molecule has 8 heteroatoms. The Bertz CT molecular complexity index is 1250. The van der Waals surface area contributed by atoms with Gasteiger partial charge < -0.3 is 5.32 Å². The van der Waals surface area contributed by atoms with Crippen LogP contribution in [0.2, 0.25) is 0 Å². The number of nitrogens with one attached hydrogen (secondary N) is 2. The van der Waals surface area contributed by atoms with E-state index in [1.165, 1.54) is 37.4 Å². The highest BCUT2D eigenvalue weighted by atomic mass is 32.2. The summed E-state index contributed by atoms with van der Waals surface area (Å²) in [6, 6.07) is 11.7. The van der Waals surface area contributed by atoms with Gasteiger partial charge in [0.2, 0.25) is 11.1 Å². The van der Waals surface area contributed by atoms with Crippen molar-refractivity contribution in [1.29, 1.82) is 0 Å². The van der Waals surface area contributed by atoms with Gasteiger partial charge in [-0.3, -0.25) is 19.5 Å². The van der Waals surface area contributed by atoms with Crippen molar-refractivity contribution >= 4 is 34.9 Å². The number of hydrogen-bond acceptors (Lipinski definition) is 6. The van der Waals surface area contributed by atoms with Crippen molar-refractivity contribution in [3.8, 4) is 0 Å². The first-order valence-electron chi connectivity index (χ1n) is 11.2. The molecule has 3 aromatic rings. The maximum Gasteiger partial charge on any atom is 0.237 e. The maximum atomic E-state index is 13.1. The van der Waals surface area contributed by atoms with Crippen LogP contribution in [0.1, 0.15) is 70.3 Å². The van der Waals surface area contributed by atoms with Crippen molar-refractivity contribution in [3.05, 3.63) is 70.5 Å². The summed E-state index contributed by atoms with van der Waals surface area (Å²) in [5, 5.41) is 10.1. The van der Waals surface area contributed by atoms with E-state index >= 15 is 0 Å². The normalized spacial score (nSPS) is 16.4. The molecule has 0 aliphatic heterocycles. The molecule has 1 atom stereocenters. The van der Waals surface area contributed by atoms with Crippen molar-refractivity contribution in [2.75, 3.05) is 5.32 Å². The second-order valence-corrected chi connectivity index (χ2v) is 9.91. The number of anilines is 1. The Morgan fingerprint density at radius 1 is 1.06 bits per heavy atom. The van der Waals surface area contributed by atoms with Gasteiger partial charge in [-0.1, -0.05) is 73.8 Å². The SMILES string of the molecule is CC(Sc1n[nH]c(CC2CCCC2)n1)C(=O)Nc1cccc2c1C(=O)c1ccccc1C2=O. The van der Waals surface area contributed by atoms with Crippen LogP contribution in [0.3, 0.4) is 0 Å². The fraction of sp³-hybridized carbons (Fsp3) is 0.320. The van der Waals surface area contributed by atoms with Gasteiger partial charge in [0.15, 0.2) is 11.6 Å². The summed E-state index contributed by atoms with van der Waals surface area (Å²) in [6.07, 6.45) is 5.91. The summed E-state index contributed by atoms with van der Waals surface area (Å²) < 4.78 is 0. The van der Waals surface area contributed by atoms with Crippen LogP contribution in [0.5, 0.6) is 0 Å². The standard InChI is InChI=1S/C25H24N4O3S/c1-14(33-25-27-20(28-29-25)13-15-7-2-3-8-15)24(32)26-19-12-6-11-18-21(19)23(31)17-10-5-4-9-16(17)22(18)30/h4-6,9-12,14-15H,2-3,7-8,13H2,1H3,(H,26,32)(H,27,28,29). The number of H-pyrrole nitrogens is 1. The maximum absolute atomic E-state index is 13.1. The highest BCUT2D eigenvalue weighted by molar-refractivity contribution is 8.00. The molecule has 2 N–H and O–H groups in total. The number of thioether (sulfide) groups is 1. The Morgan fingerprint density at radius 3 is 2.52 bits per heavy atom. The molecule has 1 heterocycles. The topological polar surface area (TPSA) is 105 Å². The molecule has 5 rings (SSSR count). The molecular weight excluding hydrogens is 436 g/mol. The number of rotatable bonds is 6. The van der Waals surface area contributed by atoms with Crippen LogP contribution in [0.25, 0.3) is 0 Å². The number of fused-ring (bicyclic) bond motifs is 2. The van der Waals surface area contributed by atoms with E-state index in [2.05, 4.69) is 20.5 Å². The predicted molar refractivity (Wildman–Crippen MR) is 126 cm³/mol. The third kappa shape index (κ3) is 4.23. The molecule has 1 aromatic heterocycles.